The predicted molar refractivity (Wildman–Crippen MR) is 77.0 cm³/mol. The number of nitriles is 1. The summed E-state index contributed by atoms with van der Waals surface area (Å²) >= 11 is 6.01. The summed E-state index contributed by atoms with van der Waals surface area (Å²) in [6.45, 7) is 3.63. The molecule has 0 aliphatic carbocycles. The van der Waals surface area contributed by atoms with Gasteiger partial charge in [-0.05, 0) is 31.2 Å². The molecular formula is C13H16ClN3O2S. The summed E-state index contributed by atoms with van der Waals surface area (Å²) in [5.41, 5.74) is 0.286. The maximum absolute atomic E-state index is 12.7. The van der Waals surface area contributed by atoms with E-state index in [1.165, 1.54) is 22.5 Å². The van der Waals surface area contributed by atoms with Gasteiger partial charge in [-0.15, -0.1) is 0 Å². The first-order chi connectivity index (χ1) is 9.50. The third-order valence-corrected chi connectivity index (χ3v) is 5.91. The lowest BCUT2D eigenvalue weighted by Crippen LogP contribution is -2.41. The van der Waals surface area contributed by atoms with Crippen LogP contribution in [0.1, 0.15) is 18.9 Å². The highest BCUT2D eigenvalue weighted by Gasteiger charge is 2.33. The van der Waals surface area contributed by atoms with Gasteiger partial charge in [0, 0.05) is 19.1 Å². The van der Waals surface area contributed by atoms with Crippen molar-refractivity contribution >= 4 is 21.6 Å². The van der Waals surface area contributed by atoms with Crippen molar-refractivity contribution in [3.63, 3.8) is 0 Å². The summed E-state index contributed by atoms with van der Waals surface area (Å²) in [7, 11) is -3.69. The molecule has 108 valence electrons. The molecular weight excluding hydrogens is 298 g/mol. The zero-order valence-electron chi connectivity index (χ0n) is 11.1. The minimum absolute atomic E-state index is 0.00645. The van der Waals surface area contributed by atoms with Crippen molar-refractivity contribution in [3.05, 3.63) is 28.8 Å². The maximum atomic E-state index is 12.7. The number of rotatable bonds is 4. The van der Waals surface area contributed by atoms with E-state index in [0.29, 0.717) is 13.1 Å². The Hall–Kier alpha value is -1.13. The fourth-order valence-corrected chi connectivity index (χ4v) is 4.57. The predicted octanol–water partition coefficient (Wildman–Crippen LogP) is 1.58. The molecule has 1 aliphatic heterocycles. The van der Waals surface area contributed by atoms with E-state index < -0.39 is 10.0 Å². The first-order valence-corrected chi connectivity index (χ1v) is 8.24. The Morgan fingerprint density at radius 1 is 1.55 bits per heavy atom. The van der Waals surface area contributed by atoms with Gasteiger partial charge in [-0.1, -0.05) is 18.5 Å². The second-order valence-electron chi connectivity index (χ2n) is 4.61. The van der Waals surface area contributed by atoms with Crippen molar-refractivity contribution < 1.29 is 8.42 Å². The van der Waals surface area contributed by atoms with E-state index in [1.54, 1.807) is 6.92 Å². The monoisotopic (exact) mass is 313 g/mol. The average Bonchev–Trinajstić information content (AvgIpc) is 2.93. The summed E-state index contributed by atoms with van der Waals surface area (Å²) in [5, 5.41) is 12.2. The van der Waals surface area contributed by atoms with Crippen LogP contribution in [0.15, 0.2) is 23.1 Å². The SMILES string of the molecule is CCN(C1CCNC1)S(=O)(=O)c1cc(C#N)ccc1Cl. The Bertz CT molecular complexity index is 634. The number of halogens is 1. The lowest BCUT2D eigenvalue weighted by atomic mass is 10.2. The maximum Gasteiger partial charge on any atom is 0.244 e. The van der Waals surface area contributed by atoms with Crippen molar-refractivity contribution in [3.8, 4) is 6.07 Å². The van der Waals surface area contributed by atoms with Gasteiger partial charge in [0.1, 0.15) is 4.90 Å². The van der Waals surface area contributed by atoms with Gasteiger partial charge in [0.05, 0.1) is 16.7 Å². The van der Waals surface area contributed by atoms with Crippen molar-refractivity contribution in [2.75, 3.05) is 19.6 Å². The molecule has 0 aromatic heterocycles. The Balaban J connectivity index is 2.45. The molecule has 1 fully saturated rings. The van der Waals surface area contributed by atoms with Gasteiger partial charge in [-0.2, -0.15) is 9.57 Å². The van der Waals surface area contributed by atoms with E-state index in [4.69, 9.17) is 16.9 Å². The second-order valence-corrected chi connectivity index (χ2v) is 6.88. The van der Waals surface area contributed by atoms with Crippen molar-refractivity contribution in [2.45, 2.75) is 24.3 Å². The molecule has 1 aromatic carbocycles. The van der Waals surface area contributed by atoms with E-state index in [-0.39, 0.29) is 21.5 Å². The smallest absolute Gasteiger partial charge is 0.244 e. The summed E-state index contributed by atoms with van der Waals surface area (Å²) in [5.74, 6) is 0. The van der Waals surface area contributed by atoms with E-state index in [9.17, 15) is 8.42 Å². The molecule has 0 spiro atoms. The van der Waals surface area contributed by atoms with Crippen LogP contribution < -0.4 is 5.32 Å². The van der Waals surface area contributed by atoms with Crippen molar-refractivity contribution in [2.24, 2.45) is 0 Å². The number of nitrogens with zero attached hydrogens (tertiary/aromatic N) is 2. The number of nitrogens with one attached hydrogen (secondary N) is 1. The van der Waals surface area contributed by atoms with Gasteiger partial charge in [-0.25, -0.2) is 8.42 Å². The van der Waals surface area contributed by atoms with E-state index >= 15 is 0 Å². The highest BCUT2D eigenvalue weighted by atomic mass is 35.5. The average molecular weight is 314 g/mol. The fourth-order valence-electron chi connectivity index (χ4n) is 2.41. The van der Waals surface area contributed by atoms with Gasteiger partial charge in [0.25, 0.3) is 0 Å². The molecule has 1 aliphatic rings. The number of likely N-dealkylation sites (N-methyl/N-ethyl adjacent to an activating group) is 1. The Labute approximate surface area is 124 Å². The Morgan fingerprint density at radius 2 is 2.30 bits per heavy atom. The Morgan fingerprint density at radius 3 is 2.85 bits per heavy atom. The van der Waals surface area contributed by atoms with E-state index in [1.807, 2.05) is 6.07 Å². The summed E-state index contributed by atoms with van der Waals surface area (Å²) < 4.78 is 26.9. The lowest BCUT2D eigenvalue weighted by molar-refractivity contribution is 0.349. The quantitative estimate of drug-likeness (QED) is 0.916. The molecule has 1 heterocycles. The van der Waals surface area contributed by atoms with Gasteiger partial charge >= 0.3 is 0 Å². The largest absolute Gasteiger partial charge is 0.315 e. The summed E-state index contributed by atoms with van der Waals surface area (Å²) in [6, 6.07) is 6.17. The molecule has 1 atom stereocenters. The van der Waals surface area contributed by atoms with Gasteiger partial charge in [-0.3, -0.25) is 0 Å². The number of sulfonamides is 1. The molecule has 0 saturated carbocycles. The molecule has 1 unspecified atom stereocenters. The number of hydrogen-bond acceptors (Lipinski definition) is 4. The number of benzene rings is 1. The molecule has 7 heteroatoms. The minimum Gasteiger partial charge on any atom is -0.315 e. The second kappa shape index (κ2) is 6.10. The van der Waals surface area contributed by atoms with Crippen LogP contribution in [0.3, 0.4) is 0 Å². The third kappa shape index (κ3) is 2.81. The molecule has 1 aromatic rings. The van der Waals surface area contributed by atoms with Crippen LogP contribution in [-0.4, -0.2) is 38.4 Å². The van der Waals surface area contributed by atoms with Crippen LogP contribution in [0.2, 0.25) is 5.02 Å². The summed E-state index contributed by atoms with van der Waals surface area (Å²) in [6.07, 6.45) is 0.780. The van der Waals surface area contributed by atoms with Crippen molar-refractivity contribution in [1.29, 1.82) is 5.26 Å². The first kappa shape index (κ1) is 15.3. The van der Waals surface area contributed by atoms with Crippen LogP contribution in [-0.2, 0) is 10.0 Å². The molecule has 1 N–H and O–H groups in total. The molecule has 20 heavy (non-hydrogen) atoms. The number of hydrogen-bond donors (Lipinski definition) is 1. The van der Waals surface area contributed by atoms with Crippen LogP contribution in [0.4, 0.5) is 0 Å². The van der Waals surface area contributed by atoms with Crippen LogP contribution in [0, 0.1) is 11.3 Å². The first-order valence-electron chi connectivity index (χ1n) is 6.43. The van der Waals surface area contributed by atoms with Crippen LogP contribution in [0.25, 0.3) is 0 Å². The van der Waals surface area contributed by atoms with E-state index in [2.05, 4.69) is 5.32 Å². The summed E-state index contributed by atoms with van der Waals surface area (Å²) in [4.78, 5) is 0.00645. The third-order valence-electron chi connectivity index (χ3n) is 3.40. The van der Waals surface area contributed by atoms with Gasteiger partial charge in [0.15, 0.2) is 0 Å². The van der Waals surface area contributed by atoms with Gasteiger partial charge < -0.3 is 5.32 Å². The molecule has 2 rings (SSSR count). The normalized spacial score (nSPS) is 19.2. The van der Waals surface area contributed by atoms with Crippen LogP contribution in [0.5, 0.6) is 0 Å². The molecule has 5 nitrogen and oxygen atoms in total. The van der Waals surface area contributed by atoms with Gasteiger partial charge in [0.2, 0.25) is 10.0 Å². The zero-order valence-corrected chi connectivity index (χ0v) is 12.7. The topological polar surface area (TPSA) is 73.2 Å². The molecule has 1 saturated heterocycles. The lowest BCUT2D eigenvalue weighted by Gasteiger charge is -2.26. The van der Waals surface area contributed by atoms with Crippen molar-refractivity contribution in [1.82, 2.24) is 9.62 Å². The standard InChI is InChI=1S/C13H16ClN3O2S/c1-2-17(11-5-6-16-9-11)20(18,19)13-7-10(8-15)3-4-12(13)14/h3-4,7,11,16H,2,5-6,9H2,1H3. The Kier molecular flexibility index (Phi) is 4.66. The fraction of sp³-hybridized carbons (Fsp3) is 0.462. The van der Waals surface area contributed by atoms with E-state index in [0.717, 1.165) is 13.0 Å². The molecule has 0 amide bonds. The molecule has 0 bridgehead atoms. The highest BCUT2D eigenvalue weighted by Crippen LogP contribution is 2.28. The minimum atomic E-state index is -3.69. The van der Waals surface area contributed by atoms with Crippen LogP contribution >= 0.6 is 11.6 Å². The molecule has 0 radical (unpaired) electrons. The zero-order chi connectivity index (χ0) is 14.8. The highest BCUT2D eigenvalue weighted by molar-refractivity contribution is 7.89.